The van der Waals surface area contributed by atoms with Gasteiger partial charge in [-0.1, -0.05) is 166 Å². The van der Waals surface area contributed by atoms with Gasteiger partial charge in [0.2, 0.25) is 0 Å². The van der Waals surface area contributed by atoms with Gasteiger partial charge in [-0.25, -0.2) is 0 Å². The molecule has 9 aromatic rings. The lowest BCUT2D eigenvalue weighted by molar-refractivity contribution is 0.437. The number of benzene rings is 9. The molecule has 0 fully saturated rings. The second-order valence-corrected chi connectivity index (χ2v) is 16.4. The fraction of sp³-hybridized carbons (Fsp3) is 0.0714. The second kappa shape index (κ2) is 12.2. The van der Waals surface area contributed by atoms with E-state index in [1.165, 1.54) is 61.0 Å². The van der Waals surface area contributed by atoms with Crippen molar-refractivity contribution in [3.05, 3.63) is 234 Å². The first-order valence-electron chi connectivity index (χ1n) is 20.3. The SMILES string of the molecule is CC1(C)c2ccccc2-c2ccc(N(c3ccc(-c4ccccc4)cc3)c3cccc4c3C3(c5ccccc5Oc5cc6ccccc6cc53)c3ccccc3-4)cc21. The minimum absolute atomic E-state index is 0.152. The minimum Gasteiger partial charge on any atom is -0.457 e. The molecule has 2 heteroatoms. The van der Waals surface area contributed by atoms with Gasteiger partial charge in [-0.05, 0) is 109 Å². The minimum atomic E-state index is -0.662. The molecular formula is C56H39NO. The summed E-state index contributed by atoms with van der Waals surface area (Å²) in [5.74, 6) is 1.78. The summed E-state index contributed by atoms with van der Waals surface area (Å²) in [6.45, 7) is 4.74. The van der Waals surface area contributed by atoms with E-state index in [-0.39, 0.29) is 5.41 Å². The number of hydrogen-bond donors (Lipinski definition) is 0. The molecule has 274 valence electrons. The van der Waals surface area contributed by atoms with E-state index in [9.17, 15) is 0 Å². The zero-order valence-electron chi connectivity index (χ0n) is 32.4. The molecule has 1 unspecified atom stereocenters. The van der Waals surface area contributed by atoms with Gasteiger partial charge in [-0.15, -0.1) is 0 Å². The predicted octanol–water partition coefficient (Wildman–Crippen LogP) is 14.8. The summed E-state index contributed by atoms with van der Waals surface area (Å²) >= 11 is 0. The maximum Gasteiger partial charge on any atom is 0.132 e. The molecule has 1 aliphatic heterocycles. The number of rotatable bonds is 4. The fourth-order valence-electron chi connectivity index (χ4n) is 10.5. The van der Waals surface area contributed by atoms with Crippen molar-refractivity contribution in [1.82, 2.24) is 0 Å². The van der Waals surface area contributed by atoms with E-state index >= 15 is 0 Å². The zero-order valence-corrected chi connectivity index (χ0v) is 32.4. The Morgan fingerprint density at radius 2 is 0.966 bits per heavy atom. The lowest BCUT2D eigenvalue weighted by Crippen LogP contribution is -2.33. The number of nitrogens with zero attached hydrogens (tertiary/aromatic N) is 1. The van der Waals surface area contributed by atoms with Gasteiger partial charge in [0, 0.05) is 33.5 Å². The summed E-state index contributed by atoms with van der Waals surface area (Å²) in [7, 11) is 0. The third-order valence-corrected chi connectivity index (χ3v) is 13.1. The van der Waals surface area contributed by atoms with Crippen molar-refractivity contribution in [2.24, 2.45) is 0 Å². The Balaban J connectivity index is 1.17. The molecule has 1 heterocycles. The summed E-state index contributed by atoms with van der Waals surface area (Å²) in [6.07, 6.45) is 0. The maximum atomic E-state index is 6.92. The summed E-state index contributed by atoms with van der Waals surface area (Å²) in [5, 5.41) is 2.36. The van der Waals surface area contributed by atoms with Crippen LogP contribution in [0.4, 0.5) is 17.1 Å². The molecule has 58 heavy (non-hydrogen) atoms. The molecule has 0 amide bonds. The van der Waals surface area contributed by atoms with Crippen molar-refractivity contribution in [2.45, 2.75) is 24.7 Å². The van der Waals surface area contributed by atoms with E-state index in [0.29, 0.717) is 0 Å². The van der Waals surface area contributed by atoms with Gasteiger partial charge in [0.1, 0.15) is 11.5 Å². The summed E-state index contributed by atoms with van der Waals surface area (Å²) in [5.41, 5.74) is 17.6. The van der Waals surface area contributed by atoms with Crippen LogP contribution in [0.15, 0.2) is 200 Å². The molecule has 1 spiro atoms. The highest BCUT2D eigenvalue weighted by atomic mass is 16.5. The zero-order chi connectivity index (χ0) is 38.6. The van der Waals surface area contributed by atoms with Gasteiger partial charge in [-0.3, -0.25) is 0 Å². The third-order valence-electron chi connectivity index (χ3n) is 13.1. The number of fused-ring (bicyclic) bond motifs is 13. The van der Waals surface area contributed by atoms with Crippen molar-refractivity contribution < 1.29 is 4.74 Å². The second-order valence-electron chi connectivity index (χ2n) is 16.4. The summed E-state index contributed by atoms with van der Waals surface area (Å²) in [4.78, 5) is 2.51. The summed E-state index contributed by atoms with van der Waals surface area (Å²) in [6, 6.07) is 73.7. The lowest BCUT2D eigenvalue weighted by Gasteiger charge is -2.41. The number of hydrogen-bond acceptors (Lipinski definition) is 2. The van der Waals surface area contributed by atoms with Crippen molar-refractivity contribution in [3.63, 3.8) is 0 Å². The number of ether oxygens (including phenoxy) is 1. The smallest absolute Gasteiger partial charge is 0.132 e. The standard InChI is InChI=1S/C56H39NO/c1-55(2)46-22-10-8-19-42(46)44-32-31-41(35-49(44)55)57(40-29-27-37(28-30-40)36-15-4-3-5-16-36)51-25-14-21-45-43-20-9-11-23-47(43)56(54(45)51)48-24-12-13-26-52(48)58-53-34-39-18-7-6-17-38(39)33-50(53)56/h3-35H,1-2H3. The first kappa shape index (κ1) is 33.0. The average Bonchev–Trinajstić information content (AvgIpc) is 3.70. The number of para-hydroxylation sites is 1. The Hall–Kier alpha value is -7.16. The normalized spacial score (nSPS) is 16.1. The van der Waals surface area contributed by atoms with Crippen LogP contribution < -0.4 is 9.64 Å². The third kappa shape index (κ3) is 4.49. The van der Waals surface area contributed by atoms with Gasteiger partial charge in [0.05, 0.1) is 11.1 Å². The van der Waals surface area contributed by atoms with E-state index < -0.39 is 5.41 Å². The predicted molar refractivity (Wildman–Crippen MR) is 239 cm³/mol. The highest BCUT2D eigenvalue weighted by Crippen LogP contribution is 2.65. The molecule has 9 aromatic carbocycles. The largest absolute Gasteiger partial charge is 0.457 e. The molecule has 2 aliphatic carbocycles. The van der Waals surface area contributed by atoms with Crippen molar-refractivity contribution in [3.8, 4) is 44.9 Å². The van der Waals surface area contributed by atoms with Gasteiger partial charge in [-0.2, -0.15) is 0 Å². The topological polar surface area (TPSA) is 12.5 Å². The molecule has 0 saturated heterocycles. The van der Waals surface area contributed by atoms with E-state index in [1.807, 2.05) is 0 Å². The molecule has 0 aromatic heterocycles. The van der Waals surface area contributed by atoms with Gasteiger partial charge >= 0.3 is 0 Å². The molecule has 0 saturated carbocycles. The van der Waals surface area contributed by atoms with Crippen LogP contribution >= 0.6 is 0 Å². The fourth-order valence-corrected chi connectivity index (χ4v) is 10.5. The molecule has 3 aliphatic rings. The Morgan fingerprint density at radius 1 is 0.379 bits per heavy atom. The average molecular weight is 742 g/mol. The van der Waals surface area contributed by atoms with Gasteiger partial charge in [0.15, 0.2) is 0 Å². The van der Waals surface area contributed by atoms with Crippen LogP contribution in [0, 0.1) is 0 Å². The molecule has 1 atom stereocenters. The highest BCUT2D eigenvalue weighted by molar-refractivity contribution is 5.98. The van der Waals surface area contributed by atoms with Crippen LogP contribution in [-0.4, -0.2) is 0 Å². The van der Waals surface area contributed by atoms with Crippen molar-refractivity contribution >= 4 is 27.8 Å². The van der Waals surface area contributed by atoms with Crippen molar-refractivity contribution in [1.29, 1.82) is 0 Å². The Bertz CT molecular complexity index is 3120. The van der Waals surface area contributed by atoms with E-state index in [2.05, 4.69) is 219 Å². The summed E-state index contributed by atoms with van der Waals surface area (Å²) < 4.78 is 6.92. The van der Waals surface area contributed by atoms with Crippen LogP contribution in [0.2, 0.25) is 0 Å². The van der Waals surface area contributed by atoms with Crippen LogP contribution in [0.1, 0.15) is 47.2 Å². The van der Waals surface area contributed by atoms with Gasteiger partial charge < -0.3 is 9.64 Å². The van der Waals surface area contributed by atoms with E-state index in [0.717, 1.165) is 45.1 Å². The molecule has 0 radical (unpaired) electrons. The molecule has 12 rings (SSSR count). The molecule has 2 nitrogen and oxygen atoms in total. The molecule has 0 bridgehead atoms. The van der Waals surface area contributed by atoms with Crippen LogP contribution in [0.5, 0.6) is 11.5 Å². The maximum absolute atomic E-state index is 6.92. The first-order chi connectivity index (χ1) is 28.5. The number of anilines is 3. The molecule has 0 N–H and O–H groups in total. The Morgan fingerprint density at radius 3 is 1.76 bits per heavy atom. The highest BCUT2D eigenvalue weighted by Gasteiger charge is 2.53. The Labute approximate surface area is 339 Å². The van der Waals surface area contributed by atoms with Crippen LogP contribution in [0.25, 0.3) is 44.2 Å². The van der Waals surface area contributed by atoms with E-state index in [1.54, 1.807) is 0 Å². The molecular weight excluding hydrogens is 703 g/mol. The van der Waals surface area contributed by atoms with E-state index in [4.69, 9.17) is 4.74 Å². The van der Waals surface area contributed by atoms with Crippen molar-refractivity contribution in [2.75, 3.05) is 4.90 Å². The lowest BCUT2D eigenvalue weighted by atomic mass is 9.65. The Kier molecular flexibility index (Phi) is 6.93. The quantitative estimate of drug-likeness (QED) is 0.178. The van der Waals surface area contributed by atoms with Crippen LogP contribution in [-0.2, 0) is 10.8 Å². The van der Waals surface area contributed by atoms with Crippen LogP contribution in [0.3, 0.4) is 0 Å². The first-order valence-corrected chi connectivity index (χ1v) is 20.3. The monoisotopic (exact) mass is 741 g/mol. The van der Waals surface area contributed by atoms with Gasteiger partial charge in [0.25, 0.3) is 0 Å².